The van der Waals surface area contributed by atoms with Crippen molar-refractivity contribution in [1.82, 2.24) is 10.2 Å². The zero-order valence-electron chi connectivity index (χ0n) is 10.6. The number of carbonyl (C=O) groups is 1. The normalized spacial score (nSPS) is 23.8. The lowest BCUT2D eigenvalue weighted by molar-refractivity contribution is -0.143. The summed E-state index contributed by atoms with van der Waals surface area (Å²) in [6.45, 7) is -0.770. The summed E-state index contributed by atoms with van der Waals surface area (Å²) in [5.74, 6) is -0.269. The molecule has 2 unspecified atom stereocenters. The van der Waals surface area contributed by atoms with Crippen LogP contribution < -0.4 is 5.32 Å². The number of nitrogens with one attached hydrogen (secondary N) is 1. The third kappa shape index (κ3) is 3.86. The molecule has 0 bridgehead atoms. The average molecular weight is 288 g/mol. The maximum Gasteiger partial charge on any atom is 0.404 e. The van der Waals surface area contributed by atoms with E-state index in [1.54, 1.807) is 24.3 Å². The monoisotopic (exact) mass is 288 g/mol. The highest BCUT2D eigenvalue weighted by Gasteiger charge is 2.40. The molecule has 0 saturated carbocycles. The highest BCUT2D eigenvalue weighted by molar-refractivity contribution is 5.65. The Morgan fingerprint density at radius 3 is 2.50 bits per heavy atom. The summed E-state index contributed by atoms with van der Waals surface area (Å²) in [5, 5.41) is 11.1. The van der Waals surface area contributed by atoms with E-state index >= 15 is 0 Å². The van der Waals surface area contributed by atoms with Gasteiger partial charge in [-0.3, -0.25) is 4.90 Å². The van der Waals surface area contributed by atoms with Crippen LogP contribution >= 0.6 is 0 Å². The van der Waals surface area contributed by atoms with Crippen molar-refractivity contribution in [1.29, 1.82) is 0 Å². The van der Waals surface area contributed by atoms with Crippen molar-refractivity contribution in [3.8, 4) is 0 Å². The van der Waals surface area contributed by atoms with E-state index in [1.165, 1.54) is 4.90 Å². The molecule has 20 heavy (non-hydrogen) atoms. The van der Waals surface area contributed by atoms with Crippen molar-refractivity contribution >= 4 is 6.09 Å². The molecular weight excluding hydrogens is 273 g/mol. The lowest BCUT2D eigenvalue weighted by atomic mass is 9.94. The molecule has 1 aliphatic rings. The summed E-state index contributed by atoms with van der Waals surface area (Å²) in [6, 6.07) is 8.47. The second-order valence-electron chi connectivity index (χ2n) is 4.88. The number of alkyl halides is 3. The van der Waals surface area contributed by atoms with Crippen LogP contribution in [0.2, 0.25) is 0 Å². The predicted molar refractivity (Wildman–Crippen MR) is 66.6 cm³/mol. The molecule has 2 rings (SSSR count). The van der Waals surface area contributed by atoms with Crippen LogP contribution in [0.25, 0.3) is 0 Å². The number of amides is 1. The zero-order valence-corrected chi connectivity index (χ0v) is 10.6. The summed E-state index contributed by atoms with van der Waals surface area (Å²) in [7, 11) is 0. The van der Waals surface area contributed by atoms with Gasteiger partial charge in [0.15, 0.2) is 0 Å². The van der Waals surface area contributed by atoms with Crippen LogP contribution in [0.4, 0.5) is 18.0 Å². The minimum absolute atomic E-state index is 0.0609. The summed E-state index contributed by atoms with van der Waals surface area (Å²) in [6.07, 6.45) is -5.50. The van der Waals surface area contributed by atoms with Crippen LogP contribution in [0.1, 0.15) is 11.5 Å². The molecular formula is C13H15F3N2O2. The van der Waals surface area contributed by atoms with Gasteiger partial charge in [0.1, 0.15) is 0 Å². The predicted octanol–water partition coefficient (Wildman–Crippen LogP) is 2.28. The second kappa shape index (κ2) is 5.70. The molecule has 1 aromatic rings. The van der Waals surface area contributed by atoms with Gasteiger partial charge in [0.05, 0.1) is 12.6 Å². The molecule has 0 radical (unpaired) electrons. The Morgan fingerprint density at radius 2 is 1.95 bits per heavy atom. The van der Waals surface area contributed by atoms with E-state index < -0.39 is 24.9 Å². The van der Waals surface area contributed by atoms with Crippen LogP contribution in [0, 0.1) is 0 Å². The van der Waals surface area contributed by atoms with Crippen molar-refractivity contribution in [3.05, 3.63) is 35.9 Å². The number of hydrogen-bond acceptors (Lipinski definition) is 2. The average Bonchev–Trinajstić information content (AvgIpc) is 2.69. The highest BCUT2D eigenvalue weighted by Crippen LogP contribution is 2.29. The Kier molecular flexibility index (Phi) is 4.17. The van der Waals surface area contributed by atoms with Gasteiger partial charge in [-0.1, -0.05) is 30.3 Å². The van der Waals surface area contributed by atoms with Gasteiger partial charge >= 0.3 is 12.3 Å². The second-order valence-corrected chi connectivity index (χ2v) is 4.88. The first kappa shape index (κ1) is 14.6. The molecule has 0 aromatic heterocycles. The van der Waals surface area contributed by atoms with Gasteiger partial charge in [-0.2, -0.15) is 13.2 Å². The van der Waals surface area contributed by atoms with E-state index in [0.717, 1.165) is 5.56 Å². The molecule has 0 aliphatic carbocycles. The Morgan fingerprint density at radius 1 is 1.30 bits per heavy atom. The van der Waals surface area contributed by atoms with Gasteiger partial charge < -0.3 is 10.4 Å². The van der Waals surface area contributed by atoms with Gasteiger partial charge in [0, 0.05) is 19.0 Å². The van der Waals surface area contributed by atoms with E-state index in [9.17, 15) is 18.0 Å². The standard InChI is InChI=1S/C13H15F3N2O2/c14-13(15,16)8-18-6-10(9-4-2-1-3-5-9)11(7-18)17-12(19)20/h1-5,10-11,17H,6-8H2,(H,19,20). The lowest BCUT2D eigenvalue weighted by Gasteiger charge is -2.18. The fraction of sp³-hybridized carbons (Fsp3) is 0.462. The number of halogens is 3. The van der Waals surface area contributed by atoms with Gasteiger partial charge in [-0.05, 0) is 5.56 Å². The quantitative estimate of drug-likeness (QED) is 0.897. The summed E-state index contributed by atoms with van der Waals surface area (Å²) in [4.78, 5) is 12.0. The Labute approximate surface area is 114 Å². The third-order valence-electron chi connectivity index (χ3n) is 3.33. The molecule has 2 N–H and O–H groups in total. The van der Waals surface area contributed by atoms with Crippen LogP contribution in [0.15, 0.2) is 30.3 Å². The number of carboxylic acid groups (broad SMARTS) is 1. The van der Waals surface area contributed by atoms with E-state index in [-0.39, 0.29) is 19.0 Å². The molecule has 110 valence electrons. The van der Waals surface area contributed by atoms with Gasteiger partial charge in [-0.15, -0.1) is 0 Å². The Balaban J connectivity index is 2.13. The molecule has 1 fully saturated rings. The van der Waals surface area contributed by atoms with Crippen LogP contribution in [-0.4, -0.2) is 48.0 Å². The molecule has 0 spiro atoms. The van der Waals surface area contributed by atoms with Gasteiger partial charge in [-0.25, -0.2) is 4.79 Å². The first-order valence-corrected chi connectivity index (χ1v) is 6.18. The molecule has 1 aliphatic heterocycles. The molecule has 1 aromatic carbocycles. The van der Waals surface area contributed by atoms with Crippen LogP contribution in [0.3, 0.4) is 0 Å². The largest absolute Gasteiger partial charge is 0.465 e. The third-order valence-corrected chi connectivity index (χ3v) is 3.33. The number of nitrogens with zero attached hydrogens (tertiary/aromatic N) is 1. The maximum absolute atomic E-state index is 12.4. The van der Waals surface area contributed by atoms with E-state index in [0.29, 0.717) is 0 Å². The SMILES string of the molecule is O=C(O)NC1CN(CC(F)(F)F)CC1c1ccccc1. The summed E-state index contributed by atoms with van der Waals surface area (Å²) < 4.78 is 37.3. The Hall–Kier alpha value is -1.76. The van der Waals surface area contributed by atoms with Gasteiger partial charge in [0.2, 0.25) is 0 Å². The molecule has 2 atom stereocenters. The molecule has 7 heteroatoms. The fourth-order valence-electron chi connectivity index (χ4n) is 2.61. The smallest absolute Gasteiger partial charge is 0.404 e. The molecule has 1 heterocycles. The van der Waals surface area contributed by atoms with E-state index in [1.807, 2.05) is 6.07 Å². The Bertz CT molecular complexity index is 464. The summed E-state index contributed by atoms with van der Waals surface area (Å²) >= 11 is 0. The van der Waals surface area contributed by atoms with E-state index in [2.05, 4.69) is 5.32 Å². The first-order valence-electron chi connectivity index (χ1n) is 6.18. The fourth-order valence-corrected chi connectivity index (χ4v) is 2.61. The van der Waals surface area contributed by atoms with Crippen LogP contribution in [0.5, 0.6) is 0 Å². The number of hydrogen-bond donors (Lipinski definition) is 2. The topological polar surface area (TPSA) is 52.6 Å². The number of benzene rings is 1. The molecule has 1 saturated heterocycles. The van der Waals surface area contributed by atoms with Crippen LogP contribution in [-0.2, 0) is 0 Å². The molecule has 4 nitrogen and oxygen atoms in total. The molecule has 1 amide bonds. The van der Waals surface area contributed by atoms with Crippen molar-refractivity contribution in [2.75, 3.05) is 19.6 Å². The van der Waals surface area contributed by atoms with Crippen molar-refractivity contribution in [2.24, 2.45) is 0 Å². The van der Waals surface area contributed by atoms with E-state index in [4.69, 9.17) is 5.11 Å². The lowest BCUT2D eigenvalue weighted by Crippen LogP contribution is -2.40. The van der Waals surface area contributed by atoms with Crippen molar-refractivity contribution < 1.29 is 23.1 Å². The maximum atomic E-state index is 12.4. The summed E-state index contributed by atoms with van der Waals surface area (Å²) in [5.41, 5.74) is 0.843. The van der Waals surface area contributed by atoms with Gasteiger partial charge in [0.25, 0.3) is 0 Å². The van der Waals surface area contributed by atoms with Crippen molar-refractivity contribution in [2.45, 2.75) is 18.1 Å². The minimum Gasteiger partial charge on any atom is -0.465 e. The van der Waals surface area contributed by atoms with Crippen molar-refractivity contribution in [3.63, 3.8) is 0 Å². The number of likely N-dealkylation sites (tertiary alicyclic amines) is 1. The minimum atomic E-state index is -4.28. The number of rotatable bonds is 3. The zero-order chi connectivity index (χ0) is 14.8. The highest BCUT2D eigenvalue weighted by atomic mass is 19.4. The first-order chi connectivity index (χ1) is 9.35.